The first-order chi connectivity index (χ1) is 11.7. The van der Waals surface area contributed by atoms with Crippen LogP contribution in [0.1, 0.15) is 29.4 Å². The van der Waals surface area contributed by atoms with Gasteiger partial charge in [0, 0.05) is 26.3 Å². The number of hydrogen-bond donors (Lipinski definition) is 0. The Balaban J connectivity index is 1.69. The third kappa shape index (κ3) is 2.24. The number of nitrogens with zero attached hydrogens (tertiary/aromatic N) is 4. The van der Waals surface area contributed by atoms with Gasteiger partial charge in [-0.3, -0.25) is 13.9 Å². The highest BCUT2D eigenvalue weighted by Crippen LogP contribution is 2.24. The molecule has 0 radical (unpaired) electrons. The van der Waals surface area contributed by atoms with Crippen LogP contribution in [0, 0.1) is 0 Å². The Bertz CT molecular complexity index is 939. The van der Waals surface area contributed by atoms with Crippen molar-refractivity contribution in [3.63, 3.8) is 0 Å². The Kier molecular flexibility index (Phi) is 3.48. The van der Waals surface area contributed by atoms with E-state index < -0.39 is 0 Å². The van der Waals surface area contributed by atoms with Gasteiger partial charge < -0.3 is 9.32 Å². The second-order valence-corrected chi connectivity index (χ2v) is 6.08. The van der Waals surface area contributed by atoms with Crippen molar-refractivity contribution in [2.45, 2.75) is 18.9 Å². The average molecular weight is 326 g/mol. The van der Waals surface area contributed by atoms with Gasteiger partial charge in [0.15, 0.2) is 11.4 Å². The number of carbonyl (C=O) groups is 1. The highest BCUT2D eigenvalue weighted by molar-refractivity contribution is 5.91. The molecule has 4 heterocycles. The number of imidazole rings is 1. The summed E-state index contributed by atoms with van der Waals surface area (Å²) in [5.41, 5.74) is 1.38. The lowest BCUT2D eigenvalue weighted by molar-refractivity contribution is 0.0647. The molecule has 3 aromatic rings. The fourth-order valence-electron chi connectivity index (χ4n) is 3.43. The highest BCUT2D eigenvalue weighted by atomic mass is 16.3. The van der Waals surface area contributed by atoms with Crippen LogP contribution in [0.3, 0.4) is 0 Å². The Morgan fingerprint density at radius 3 is 3.00 bits per heavy atom. The highest BCUT2D eigenvalue weighted by Gasteiger charge is 2.29. The van der Waals surface area contributed by atoms with Crippen LogP contribution in [0.25, 0.3) is 11.2 Å². The molecule has 0 spiro atoms. The molecule has 24 heavy (non-hydrogen) atoms. The van der Waals surface area contributed by atoms with Gasteiger partial charge in [-0.15, -0.1) is 0 Å². The second kappa shape index (κ2) is 5.67. The maximum Gasteiger partial charge on any atom is 0.330 e. The molecule has 1 fully saturated rings. The maximum atomic E-state index is 12.7. The van der Waals surface area contributed by atoms with Crippen LogP contribution in [0.5, 0.6) is 0 Å². The van der Waals surface area contributed by atoms with Crippen LogP contribution in [-0.4, -0.2) is 38.0 Å². The fourth-order valence-corrected chi connectivity index (χ4v) is 3.43. The van der Waals surface area contributed by atoms with Crippen molar-refractivity contribution < 1.29 is 9.21 Å². The van der Waals surface area contributed by atoms with E-state index in [9.17, 15) is 9.59 Å². The van der Waals surface area contributed by atoms with Gasteiger partial charge >= 0.3 is 5.69 Å². The lowest BCUT2D eigenvalue weighted by Gasteiger charge is -2.32. The summed E-state index contributed by atoms with van der Waals surface area (Å²) in [5.74, 6) is 0.199. The zero-order valence-electron chi connectivity index (χ0n) is 13.4. The topological polar surface area (TPSA) is 73.3 Å². The zero-order valence-corrected chi connectivity index (χ0v) is 13.4. The van der Waals surface area contributed by atoms with Gasteiger partial charge in [0.05, 0.1) is 17.8 Å². The normalized spacial score (nSPS) is 18.2. The summed E-state index contributed by atoms with van der Waals surface area (Å²) < 4.78 is 8.54. The first-order valence-corrected chi connectivity index (χ1v) is 8.01. The molecule has 1 aliphatic heterocycles. The van der Waals surface area contributed by atoms with Crippen LogP contribution in [0.4, 0.5) is 0 Å². The molecule has 124 valence electrons. The van der Waals surface area contributed by atoms with Crippen LogP contribution in [0.2, 0.25) is 0 Å². The van der Waals surface area contributed by atoms with Crippen LogP contribution in [0.15, 0.2) is 45.9 Å². The van der Waals surface area contributed by atoms with Gasteiger partial charge in [-0.2, -0.15) is 0 Å². The van der Waals surface area contributed by atoms with Crippen molar-refractivity contribution in [2.24, 2.45) is 7.05 Å². The van der Waals surface area contributed by atoms with E-state index in [1.807, 2.05) is 12.1 Å². The molecular weight excluding hydrogens is 308 g/mol. The first-order valence-electron chi connectivity index (χ1n) is 8.01. The Hall–Kier alpha value is -2.83. The SMILES string of the molecule is Cn1c(=O)n([C@H]2CCCN(C(=O)c3ccco3)C2)c2ncccc21. The molecule has 1 atom stereocenters. The smallest absolute Gasteiger partial charge is 0.330 e. The molecule has 1 aliphatic rings. The average Bonchev–Trinajstić information content (AvgIpc) is 3.23. The van der Waals surface area contributed by atoms with Gasteiger partial charge in [-0.05, 0) is 37.1 Å². The zero-order chi connectivity index (χ0) is 16.7. The molecule has 0 saturated carbocycles. The van der Waals surface area contributed by atoms with Crippen LogP contribution in [-0.2, 0) is 7.05 Å². The van der Waals surface area contributed by atoms with Crippen molar-refractivity contribution in [3.05, 3.63) is 53.0 Å². The van der Waals surface area contributed by atoms with Gasteiger partial charge in [0.1, 0.15) is 0 Å². The second-order valence-electron chi connectivity index (χ2n) is 6.08. The van der Waals surface area contributed by atoms with Crippen molar-refractivity contribution in [1.29, 1.82) is 0 Å². The van der Waals surface area contributed by atoms with Crippen molar-refractivity contribution in [1.82, 2.24) is 19.0 Å². The fraction of sp³-hybridized carbons (Fsp3) is 0.353. The van der Waals surface area contributed by atoms with Gasteiger partial charge in [-0.25, -0.2) is 9.78 Å². The molecule has 0 aliphatic carbocycles. The summed E-state index contributed by atoms with van der Waals surface area (Å²) >= 11 is 0. The number of fused-ring (bicyclic) bond motifs is 1. The number of likely N-dealkylation sites (tertiary alicyclic amines) is 1. The predicted molar refractivity (Wildman–Crippen MR) is 87.9 cm³/mol. The number of rotatable bonds is 2. The monoisotopic (exact) mass is 326 g/mol. The molecule has 1 amide bonds. The number of carbonyl (C=O) groups excluding carboxylic acids is 1. The first kappa shape index (κ1) is 14.7. The van der Waals surface area contributed by atoms with Gasteiger partial charge in [0.25, 0.3) is 5.91 Å². The summed E-state index contributed by atoms with van der Waals surface area (Å²) in [7, 11) is 1.75. The molecule has 0 N–H and O–H groups in total. The van der Waals surface area contributed by atoms with Crippen molar-refractivity contribution >= 4 is 17.1 Å². The summed E-state index contributed by atoms with van der Waals surface area (Å²) in [6.07, 6.45) is 4.87. The third-order valence-corrected chi connectivity index (χ3v) is 4.63. The largest absolute Gasteiger partial charge is 0.459 e. The molecule has 0 aromatic carbocycles. The van der Waals surface area contributed by atoms with E-state index in [1.165, 1.54) is 6.26 Å². The van der Waals surface area contributed by atoms with Crippen molar-refractivity contribution in [2.75, 3.05) is 13.1 Å². The van der Waals surface area contributed by atoms with Crippen LogP contribution >= 0.6 is 0 Å². The molecule has 0 unspecified atom stereocenters. The van der Waals surface area contributed by atoms with Gasteiger partial charge in [0.2, 0.25) is 0 Å². The number of amides is 1. The van der Waals surface area contributed by atoms with E-state index >= 15 is 0 Å². The van der Waals surface area contributed by atoms with E-state index in [0.717, 1.165) is 18.4 Å². The Morgan fingerprint density at radius 1 is 1.33 bits per heavy atom. The number of furan rings is 1. The molecule has 1 saturated heterocycles. The molecule has 3 aromatic heterocycles. The van der Waals surface area contributed by atoms with E-state index in [-0.39, 0.29) is 17.6 Å². The van der Waals surface area contributed by atoms with E-state index in [4.69, 9.17) is 4.42 Å². The molecule has 7 heteroatoms. The summed E-state index contributed by atoms with van der Waals surface area (Å²) in [6, 6.07) is 6.99. The minimum absolute atomic E-state index is 0.0798. The lowest BCUT2D eigenvalue weighted by atomic mass is 10.1. The summed E-state index contributed by atoms with van der Waals surface area (Å²) in [5, 5.41) is 0. The molecule has 0 bridgehead atoms. The summed E-state index contributed by atoms with van der Waals surface area (Å²) in [4.78, 5) is 31.3. The molecule has 4 rings (SSSR count). The Morgan fingerprint density at radius 2 is 2.21 bits per heavy atom. The molecule has 7 nitrogen and oxygen atoms in total. The number of pyridine rings is 1. The summed E-state index contributed by atoms with van der Waals surface area (Å²) in [6.45, 7) is 1.15. The minimum atomic E-state index is -0.133. The van der Waals surface area contributed by atoms with E-state index in [0.29, 0.717) is 24.5 Å². The standard InChI is InChI=1S/C17H18N4O3/c1-19-13-6-2-8-18-15(13)21(17(19)23)12-5-3-9-20(11-12)16(22)14-7-4-10-24-14/h2,4,6-8,10,12H,3,5,9,11H2,1H3/t12-/m0/s1. The quantitative estimate of drug-likeness (QED) is 0.720. The van der Waals surface area contributed by atoms with E-state index in [2.05, 4.69) is 4.98 Å². The Labute approximate surface area is 138 Å². The minimum Gasteiger partial charge on any atom is -0.459 e. The number of hydrogen-bond acceptors (Lipinski definition) is 4. The van der Waals surface area contributed by atoms with Crippen LogP contribution < -0.4 is 5.69 Å². The third-order valence-electron chi connectivity index (χ3n) is 4.63. The number of piperidine rings is 1. The number of aromatic nitrogens is 3. The molecular formula is C17H18N4O3. The van der Waals surface area contributed by atoms with Gasteiger partial charge in [-0.1, -0.05) is 0 Å². The predicted octanol–water partition coefficient (Wildman–Crippen LogP) is 1.81. The maximum absolute atomic E-state index is 12.7. The van der Waals surface area contributed by atoms with Crippen molar-refractivity contribution in [3.8, 4) is 0 Å². The number of aryl methyl sites for hydroxylation is 1. The van der Waals surface area contributed by atoms with E-state index in [1.54, 1.807) is 39.4 Å². The lowest BCUT2D eigenvalue weighted by Crippen LogP contribution is -2.42.